The van der Waals surface area contributed by atoms with E-state index in [1.54, 1.807) is 0 Å². The summed E-state index contributed by atoms with van der Waals surface area (Å²) < 4.78 is 5.77. The van der Waals surface area contributed by atoms with Gasteiger partial charge in [0.15, 0.2) is 0 Å². The molecule has 0 fully saturated rings. The second-order valence-electron chi connectivity index (χ2n) is 5.15. The van der Waals surface area contributed by atoms with E-state index in [0.29, 0.717) is 13.0 Å². The summed E-state index contributed by atoms with van der Waals surface area (Å²) >= 11 is 0. The zero-order valence-electron chi connectivity index (χ0n) is 11.4. The predicted octanol–water partition coefficient (Wildman–Crippen LogP) is 3.42. The summed E-state index contributed by atoms with van der Waals surface area (Å²) in [4.78, 5) is 0. The molecule has 0 saturated carbocycles. The molecule has 1 aromatic carbocycles. The molecule has 0 aliphatic rings. The van der Waals surface area contributed by atoms with Crippen LogP contribution in [0.1, 0.15) is 45.2 Å². The van der Waals surface area contributed by atoms with Gasteiger partial charge in [-0.15, -0.1) is 0 Å². The van der Waals surface area contributed by atoms with E-state index < -0.39 is 0 Å². The van der Waals surface area contributed by atoms with Crippen LogP contribution < -0.4 is 10.5 Å². The lowest BCUT2D eigenvalue weighted by atomic mass is 9.92. The standard InChI is InChI=1S/C15H22N2O/c1-4-13(17)12-7-5-6-8-14(12)18-10-9-15(2,3)11-16/h5-8,13H,4,9-10,17H2,1-3H3/t13-/m0/s1. The first-order valence-electron chi connectivity index (χ1n) is 6.38. The monoisotopic (exact) mass is 246 g/mol. The number of nitrogens with two attached hydrogens (primary N) is 1. The molecule has 1 atom stereocenters. The van der Waals surface area contributed by atoms with E-state index in [-0.39, 0.29) is 11.5 Å². The summed E-state index contributed by atoms with van der Waals surface area (Å²) in [5.74, 6) is 0.834. The van der Waals surface area contributed by atoms with Crippen molar-refractivity contribution in [2.75, 3.05) is 6.61 Å². The first kappa shape index (κ1) is 14.5. The molecule has 0 saturated heterocycles. The van der Waals surface area contributed by atoms with E-state index in [1.807, 2.05) is 38.1 Å². The molecule has 2 N–H and O–H groups in total. The van der Waals surface area contributed by atoms with Crippen LogP contribution >= 0.6 is 0 Å². The first-order valence-corrected chi connectivity index (χ1v) is 6.38. The Morgan fingerprint density at radius 3 is 2.67 bits per heavy atom. The highest BCUT2D eigenvalue weighted by Gasteiger charge is 2.17. The van der Waals surface area contributed by atoms with Crippen LogP contribution in [-0.4, -0.2) is 6.61 Å². The molecule has 3 heteroatoms. The molecular weight excluding hydrogens is 224 g/mol. The van der Waals surface area contributed by atoms with Crippen molar-refractivity contribution in [2.45, 2.75) is 39.7 Å². The number of ether oxygens (including phenoxy) is 1. The highest BCUT2D eigenvalue weighted by molar-refractivity contribution is 5.35. The summed E-state index contributed by atoms with van der Waals surface area (Å²) in [6.07, 6.45) is 1.59. The molecule has 3 nitrogen and oxygen atoms in total. The molecule has 0 amide bonds. The number of hydrogen-bond acceptors (Lipinski definition) is 3. The summed E-state index contributed by atoms with van der Waals surface area (Å²) in [6, 6.07) is 10.1. The first-order chi connectivity index (χ1) is 8.50. The van der Waals surface area contributed by atoms with Gasteiger partial charge in [0, 0.05) is 11.6 Å². The molecular formula is C15H22N2O. The maximum absolute atomic E-state index is 8.95. The van der Waals surface area contributed by atoms with Crippen molar-refractivity contribution in [3.05, 3.63) is 29.8 Å². The van der Waals surface area contributed by atoms with Gasteiger partial charge in [0.2, 0.25) is 0 Å². The van der Waals surface area contributed by atoms with Crippen LogP contribution in [0.4, 0.5) is 0 Å². The second-order valence-corrected chi connectivity index (χ2v) is 5.15. The van der Waals surface area contributed by atoms with Gasteiger partial charge in [-0.05, 0) is 32.8 Å². The van der Waals surface area contributed by atoms with Crippen molar-refractivity contribution in [2.24, 2.45) is 11.1 Å². The van der Waals surface area contributed by atoms with Crippen LogP contribution in [0.25, 0.3) is 0 Å². The Balaban J connectivity index is 2.66. The normalized spacial score (nSPS) is 12.8. The van der Waals surface area contributed by atoms with Crippen molar-refractivity contribution in [3.8, 4) is 11.8 Å². The zero-order chi connectivity index (χ0) is 13.6. The highest BCUT2D eigenvalue weighted by atomic mass is 16.5. The Kier molecular flexibility index (Phi) is 5.18. The fraction of sp³-hybridized carbons (Fsp3) is 0.533. The average Bonchev–Trinajstić information content (AvgIpc) is 2.38. The maximum atomic E-state index is 8.95. The van der Waals surface area contributed by atoms with Crippen LogP contribution in [0.5, 0.6) is 5.75 Å². The minimum atomic E-state index is -0.345. The number of para-hydroxylation sites is 1. The minimum Gasteiger partial charge on any atom is -0.493 e. The number of benzene rings is 1. The Morgan fingerprint density at radius 2 is 2.06 bits per heavy atom. The van der Waals surface area contributed by atoms with E-state index in [4.69, 9.17) is 15.7 Å². The molecule has 0 spiro atoms. The Morgan fingerprint density at radius 1 is 1.39 bits per heavy atom. The Bertz CT molecular complexity index is 421. The summed E-state index contributed by atoms with van der Waals surface area (Å²) in [7, 11) is 0. The molecule has 0 aliphatic carbocycles. The molecule has 98 valence electrons. The van der Waals surface area contributed by atoms with Crippen LogP contribution in [0.15, 0.2) is 24.3 Å². The van der Waals surface area contributed by atoms with Crippen LogP contribution in [0.3, 0.4) is 0 Å². The Labute approximate surface area is 110 Å². The van der Waals surface area contributed by atoms with Gasteiger partial charge < -0.3 is 10.5 Å². The van der Waals surface area contributed by atoms with Gasteiger partial charge in [-0.1, -0.05) is 25.1 Å². The number of rotatable bonds is 6. The third kappa shape index (κ3) is 4.05. The smallest absolute Gasteiger partial charge is 0.124 e. The van der Waals surface area contributed by atoms with Crippen molar-refractivity contribution < 1.29 is 4.74 Å². The van der Waals surface area contributed by atoms with Crippen molar-refractivity contribution in [1.82, 2.24) is 0 Å². The summed E-state index contributed by atoms with van der Waals surface area (Å²) in [5, 5.41) is 8.95. The lowest BCUT2D eigenvalue weighted by Crippen LogP contribution is -2.15. The maximum Gasteiger partial charge on any atom is 0.124 e. The zero-order valence-corrected chi connectivity index (χ0v) is 11.4. The van der Waals surface area contributed by atoms with Crippen molar-refractivity contribution in [1.29, 1.82) is 5.26 Å². The third-order valence-corrected chi connectivity index (χ3v) is 3.05. The van der Waals surface area contributed by atoms with Gasteiger partial charge in [-0.3, -0.25) is 0 Å². The minimum absolute atomic E-state index is 0.00479. The predicted molar refractivity (Wildman–Crippen MR) is 73.2 cm³/mol. The van der Waals surface area contributed by atoms with Gasteiger partial charge in [0.1, 0.15) is 5.75 Å². The molecule has 0 aliphatic heterocycles. The summed E-state index contributed by atoms with van der Waals surface area (Å²) in [5.41, 5.74) is 6.74. The van der Waals surface area contributed by atoms with E-state index in [2.05, 4.69) is 13.0 Å². The van der Waals surface area contributed by atoms with Crippen LogP contribution in [-0.2, 0) is 0 Å². The molecule has 18 heavy (non-hydrogen) atoms. The average molecular weight is 246 g/mol. The largest absolute Gasteiger partial charge is 0.493 e. The topological polar surface area (TPSA) is 59.0 Å². The molecule has 1 aromatic rings. The second kappa shape index (κ2) is 6.42. The van der Waals surface area contributed by atoms with Gasteiger partial charge in [-0.2, -0.15) is 5.26 Å². The fourth-order valence-electron chi connectivity index (χ4n) is 1.61. The lowest BCUT2D eigenvalue weighted by molar-refractivity contribution is 0.261. The quantitative estimate of drug-likeness (QED) is 0.836. The van der Waals surface area contributed by atoms with Crippen LogP contribution in [0, 0.1) is 16.7 Å². The van der Waals surface area contributed by atoms with Gasteiger partial charge >= 0.3 is 0 Å². The molecule has 0 bridgehead atoms. The van der Waals surface area contributed by atoms with Gasteiger partial charge in [0.25, 0.3) is 0 Å². The van der Waals surface area contributed by atoms with E-state index in [9.17, 15) is 0 Å². The number of nitriles is 1. The van der Waals surface area contributed by atoms with E-state index in [1.165, 1.54) is 0 Å². The summed E-state index contributed by atoms with van der Waals surface area (Å²) in [6.45, 7) is 6.42. The molecule has 1 rings (SSSR count). The number of nitrogens with zero attached hydrogens (tertiary/aromatic N) is 1. The van der Waals surface area contributed by atoms with Crippen molar-refractivity contribution >= 4 is 0 Å². The third-order valence-electron chi connectivity index (χ3n) is 3.05. The molecule has 0 heterocycles. The highest BCUT2D eigenvalue weighted by Crippen LogP contribution is 2.26. The van der Waals surface area contributed by atoms with Crippen LogP contribution in [0.2, 0.25) is 0 Å². The SMILES string of the molecule is CC[C@H](N)c1ccccc1OCCC(C)(C)C#N. The van der Waals surface area contributed by atoms with Crippen molar-refractivity contribution in [3.63, 3.8) is 0 Å². The van der Waals surface area contributed by atoms with Gasteiger partial charge in [-0.25, -0.2) is 0 Å². The molecule has 0 unspecified atom stereocenters. The van der Waals surface area contributed by atoms with E-state index >= 15 is 0 Å². The Hall–Kier alpha value is -1.53. The van der Waals surface area contributed by atoms with Gasteiger partial charge in [0.05, 0.1) is 18.1 Å². The lowest BCUT2D eigenvalue weighted by Gasteiger charge is -2.18. The fourth-order valence-corrected chi connectivity index (χ4v) is 1.61. The molecule has 0 radical (unpaired) electrons. The molecule has 0 aromatic heterocycles. The van der Waals surface area contributed by atoms with E-state index in [0.717, 1.165) is 17.7 Å². The number of hydrogen-bond donors (Lipinski definition) is 1.